The molecule has 0 bridgehead atoms. The highest BCUT2D eigenvalue weighted by molar-refractivity contribution is 7.99. The number of nitrogens with one attached hydrogen (secondary N) is 2. The Balaban J connectivity index is 2.11. The number of carbonyl (C=O) groups is 2. The van der Waals surface area contributed by atoms with Crippen LogP contribution in [0.5, 0.6) is 0 Å². The average Bonchev–Trinajstić information content (AvgIpc) is 2.67. The summed E-state index contributed by atoms with van der Waals surface area (Å²) in [7, 11) is 0. The molecule has 1 rings (SSSR count). The van der Waals surface area contributed by atoms with Gasteiger partial charge in [-0.2, -0.15) is 0 Å². The van der Waals surface area contributed by atoms with E-state index in [4.69, 9.17) is 4.42 Å². The fourth-order valence-corrected chi connectivity index (χ4v) is 1.59. The van der Waals surface area contributed by atoms with E-state index in [0.717, 1.165) is 0 Å². The molecule has 0 saturated carbocycles. The first-order valence-electron chi connectivity index (χ1n) is 5.02. The summed E-state index contributed by atoms with van der Waals surface area (Å²) in [5.74, 6) is 0.423. The van der Waals surface area contributed by atoms with Crippen LogP contribution in [0.15, 0.2) is 9.64 Å². The minimum Gasteiger partial charge on any atom is -0.416 e. The highest BCUT2D eigenvalue weighted by Gasteiger charge is 2.07. The van der Waals surface area contributed by atoms with Crippen LogP contribution in [0.4, 0.5) is 0 Å². The van der Waals surface area contributed by atoms with E-state index < -0.39 is 0 Å². The molecule has 8 heteroatoms. The van der Waals surface area contributed by atoms with Crippen LogP contribution < -0.4 is 10.6 Å². The molecule has 94 valence electrons. The maximum atomic E-state index is 11.3. The molecule has 2 amide bonds. The molecule has 1 aromatic heterocycles. The van der Waals surface area contributed by atoms with Crippen LogP contribution >= 0.6 is 11.8 Å². The minimum absolute atomic E-state index is 0.116. The van der Waals surface area contributed by atoms with Gasteiger partial charge < -0.3 is 15.1 Å². The topological polar surface area (TPSA) is 97.1 Å². The van der Waals surface area contributed by atoms with E-state index in [-0.39, 0.29) is 17.6 Å². The third-order valence-electron chi connectivity index (χ3n) is 1.66. The van der Waals surface area contributed by atoms with E-state index in [1.54, 1.807) is 6.92 Å². The van der Waals surface area contributed by atoms with Crippen molar-refractivity contribution in [3.05, 3.63) is 5.89 Å². The summed E-state index contributed by atoms with van der Waals surface area (Å²) in [6, 6.07) is 0. The van der Waals surface area contributed by atoms with Gasteiger partial charge in [0.2, 0.25) is 17.7 Å². The summed E-state index contributed by atoms with van der Waals surface area (Å²) in [5, 5.41) is 13.0. The van der Waals surface area contributed by atoms with Crippen molar-refractivity contribution in [2.45, 2.75) is 19.1 Å². The normalized spacial score (nSPS) is 10.0. The Bertz CT molecular complexity index is 393. The molecule has 0 saturated heterocycles. The van der Waals surface area contributed by atoms with Crippen LogP contribution in [0.25, 0.3) is 0 Å². The van der Waals surface area contributed by atoms with Crippen molar-refractivity contribution < 1.29 is 14.0 Å². The molecule has 0 atom stereocenters. The van der Waals surface area contributed by atoms with Crippen LogP contribution in [0.1, 0.15) is 12.8 Å². The van der Waals surface area contributed by atoms with Crippen molar-refractivity contribution in [1.29, 1.82) is 0 Å². The molecule has 0 aliphatic carbocycles. The second-order valence-corrected chi connectivity index (χ2v) is 4.14. The maximum Gasteiger partial charge on any atom is 0.277 e. The van der Waals surface area contributed by atoms with E-state index in [0.29, 0.717) is 24.2 Å². The van der Waals surface area contributed by atoms with E-state index in [2.05, 4.69) is 20.8 Å². The fourth-order valence-electron chi connectivity index (χ4n) is 0.956. The molecule has 17 heavy (non-hydrogen) atoms. The number of carbonyl (C=O) groups excluding carboxylic acids is 2. The second-order valence-electron chi connectivity index (χ2n) is 3.21. The quantitative estimate of drug-likeness (QED) is 0.538. The van der Waals surface area contributed by atoms with E-state index >= 15 is 0 Å². The largest absolute Gasteiger partial charge is 0.416 e. The highest BCUT2D eigenvalue weighted by Crippen LogP contribution is 2.14. The second kappa shape index (κ2) is 6.89. The Morgan fingerprint density at radius 1 is 1.29 bits per heavy atom. The first-order chi connectivity index (χ1) is 8.08. The van der Waals surface area contributed by atoms with Gasteiger partial charge in [-0.3, -0.25) is 9.59 Å². The molecular weight excluding hydrogens is 244 g/mol. The Labute approximate surface area is 103 Å². The predicted molar refractivity (Wildman–Crippen MR) is 61.5 cm³/mol. The molecule has 0 aromatic carbocycles. The zero-order valence-electron chi connectivity index (χ0n) is 9.65. The van der Waals surface area contributed by atoms with Gasteiger partial charge in [-0.15, -0.1) is 10.2 Å². The van der Waals surface area contributed by atoms with Crippen LogP contribution in [0.2, 0.25) is 0 Å². The Hall–Kier alpha value is -1.57. The summed E-state index contributed by atoms with van der Waals surface area (Å²) in [4.78, 5) is 21.9. The summed E-state index contributed by atoms with van der Waals surface area (Å²) in [6.07, 6.45) is 0. The van der Waals surface area contributed by atoms with Gasteiger partial charge in [0.1, 0.15) is 0 Å². The van der Waals surface area contributed by atoms with Gasteiger partial charge in [0.25, 0.3) is 5.22 Å². The van der Waals surface area contributed by atoms with Crippen molar-refractivity contribution in [3.8, 4) is 0 Å². The number of amides is 2. The Morgan fingerprint density at radius 3 is 2.59 bits per heavy atom. The number of hydrogen-bond donors (Lipinski definition) is 2. The van der Waals surface area contributed by atoms with Gasteiger partial charge in [0, 0.05) is 26.9 Å². The van der Waals surface area contributed by atoms with Crippen molar-refractivity contribution in [2.75, 3.05) is 18.8 Å². The molecule has 0 aliphatic rings. The molecule has 1 aromatic rings. The summed E-state index contributed by atoms with van der Waals surface area (Å²) >= 11 is 1.17. The Morgan fingerprint density at radius 2 is 2.00 bits per heavy atom. The van der Waals surface area contributed by atoms with Crippen LogP contribution in [0.3, 0.4) is 0 Å². The van der Waals surface area contributed by atoms with Gasteiger partial charge in [-0.05, 0) is 0 Å². The Kier molecular flexibility index (Phi) is 5.47. The third-order valence-corrected chi connectivity index (χ3v) is 2.47. The molecule has 0 unspecified atom stereocenters. The standard InChI is InChI=1S/C9H14N4O3S/c1-6(14)10-3-4-11-8(15)5-17-9-13-12-7(2)16-9/h3-5H2,1-2H3,(H,10,14)(H,11,15). The zero-order valence-corrected chi connectivity index (χ0v) is 10.5. The van der Waals surface area contributed by atoms with Crippen molar-refractivity contribution in [1.82, 2.24) is 20.8 Å². The summed E-state index contributed by atoms with van der Waals surface area (Å²) < 4.78 is 5.09. The van der Waals surface area contributed by atoms with Crippen molar-refractivity contribution >= 4 is 23.6 Å². The highest BCUT2D eigenvalue weighted by atomic mass is 32.2. The number of nitrogens with zero attached hydrogens (tertiary/aromatic N) is 2. The van der Waals surface area contributed by atoms with Gasteiger partial charge in [0.15, 0.2) is 0 Å². The lowest BCUT2D eigenvalue weighted by Crippen LogP contribution is -2.34. The van der Waals surface area contributed by atoms with Crippen molar-refractivity contribution in [3.63, 3.8) is 0 Å². The number of thioether (sulfide) groups is 1. The van der Waals surface area contributed by atoms with Crippen LogP contribution in [0, 0.1) is 6.92 Å². The number of hydrogen-bond acceptors (Lipinski definition) is 6. The summed E-state index contributed by atoms with van der Waals surface area (Å²) in [6.45, 7) is 3.94. The first kappa shape index (κ1) is 13.5. The summed E-state index contributed by atoms with van der Waals surface area (Å²) in [5.41, 5.74) is 0. The molecule has 0 spiro atoms. The lowest BCUT2D eigenvalue weighted by Gasteiger charge is -2.04. The van der Waals surface area contributed by atoms with Crippen LogP contribution in [-0.4, -0.2) is 40.9 Å². The van der Waals surface area contributed by atoms with E-state index in [9.17, 15) is 9.59 Å². The minimum atomic E-state index is -0.142. The maximum absolute atomic E-state index is 11.3. The average molecular weight is 258 g/mol. The van der Waals surface area contributed by atoms with Gasteiger partial charge in [0.05, 0.1) is 5.75 Å². The zero-order chi connectivity index (χ0) is 12.7. The monoisotopic (exact) mass is 258 g/mol. The smallest absolute Gasteiger partial charge is 0.277 e. The molecule has 0 radical (unpaired) electrons. The number of aromatic nitrogens is 2. The van der Waals surface area contributed by atoms with Crippen molar-refractivity contribution in [2.24, 2.45) is 0 Å². The van der Waals surface area contributed by atoms with Gasteiger partial charge in [-0.1, -0.05) is 11.8 Å². The molecule has 1 heterocycles. The fraction of sp³-hybridized carbons (Fsp3) is 0.556. The number of rotatable bonds is 6. The van der Waals surface area contributed by atoms with Gasteiger partial charge >= 0.3 is 0 Å². The third kappa shape index (κ3) is 5.91. The lowest BCUT2D eigenvalue weighted by atomic mass is 10.5. The predicted octanol–water partition coefficient (Wildman–Crippen LogP) is -0.278. The van der Waals surface area contributed by atoms with Crippen LogP contribution in [-0.2, 0) is 9.59 Å². The SMILES string of the molecule is CC(=O)NCCNC(=O)CSc1nnc(C)o1. The molecule has 7 nitrogen and oxygen atoms in total. The molecule has 2 N–H and O–H groups in total. The molecule has 0 aliphatic heterocycles. The molecule has 0 fully saturated rings. The first-order valence-corrected chi connectivity index (χ1v) is 6.00. The molecular formula is C9H14N4O3S. The van der Waals surface area contributed by atoms with Gasteiger partial charge in [-0.25, -0.2) is 0 Å². The van der Waals surface area contributed by atoms with E-state index in [1.165, 1.54) is 18.7 Å². The van der Waals surface area contributed by atoms with E-state index in [1.807, 2.05) is 0 Å². The number of aryl methyl sites for hydroxylation is 1. The lowest BCUT2D eigenvalue weighted by molar-refractivity contribution is -0.120.